The van der Waals surface area contributed by atoms with E-state index in [0.717, 1.165) is 0 Å². The van der Waals surface area contributed by atoms with E-state index in [1.165, 1.54) is 0 Å². The summed E-state index contributed by atoms with van der Waals surface area (Å²) in [6.07, 6.45) is 0. The second-order valence-corrected chi connectivity index (χ2v) is 10.1. The molecule has 0 atom stereocenters. The van der Waals surface area contributed by atoms with E-state index in [1.807, 2.05) is 18.2 Å². The van der Waals surface area contributed by atoms with Crippen molar-refractivity contribution in [3.63, 3.8) is 0 Å². The first-order valence-electron chi connectivity index (χ1n) is 3.06. The van der Waals surface area contributed by atoms with Crippen LogP contribution in [-0.4, -0.2) is 0 Å². The second-order valence-electron chi connectivity index (χ2n) is 2.60. The van der Waals surface area contributed by atoms with Crippen LogP contribution >= 0.6 is 0 Å². The second kappa shape index (κ2) is 2.37. The van der Waals surface area contributed by atoms with E-state index >= 15 is 0 Å². The van der Waals surface area contributed by atoms with Crippen molar-refractivity contribution in [3.05, 3.63) is 30.3 Å². The number of rotatable bonds is 1. The quantitative estimate of drug-likeness (QED) is 0.446. The minimum atomic E-state index is -4.16. The molecule has 0 aliphatic rings. The van der Waals surface area contributed by atoms with E-state index in [1.54, 1.807) is 12.1 Å². The summed E-state index contributed by atoms with van der Waals surface area (Å²) in [5.41, 5.74) is 0. The maximum absolute atomic E-state index is 5.63. The Morgan fingerprint density at radius 1 is 0.818 bits per heavy atom. The molecule has 1 aromatic carbocycles. The zero-order valence-corrected chi connectivity index (χ0v) is 8.11. The van der Waals surface area contributed by atoms with Crippen LogP contribution in [0.1, 0.15) is 0 Å². The standard InChI is InChI=1S/C6H5.Mo.4H2N/c1-2-4-6-5-3-1;;;;;/h1-5H;;4*1H2/q;+4;4*-1. The molecule has 0 aliphatic heterocycles. The monoisotopic (exact) mass is 239 g/mol. The molecule has 0 aliphatic carbocycles. The molecule has 4 nitrogen and oxygen atoms in total. The van der Waals surface area contributed by atoms with E-state index in [-0.39, 0.29) is 0 Å². The summed E-state index contributed by atoms with van der Waals surface area (Å²) < 4.78 is 23.2. The predicted molar refractivity (Wildman–Crippen MR) is 42.8 cm³/mol. The molecule has 0 bridgehead atoms. The molecule has 0 amide bonds. The molecule has 11 heavy (non-hydrogen) atoms. The van der Waals surface area contributed by atoms with Gasteiger partial charge in [-0.25, -0.2) is 0 Å². The zero-order valence-electron chi connectivity index (χ0n) is 6.10. The zero-order chi connectivity index (χ0) is 8.56. The number of hydrogen-bond donors (Lipinski definition) is 4. The molecule has 1 rings (SSSR count). The molecule has 0 unspecified atom stereocenters. The average molecular weight is 237 g/mol. The van der Waals surface area contributed by atoms with Gasteiger partial charge in [0.15, 0.2) is 0 Å². The summed E-state index contributed by atoms with van der Waals surface area (Å²) in [5, 5.41) is 0. The summed E-state index contributed by atoms with van der Waals surface area (Å²) in [4.78, 5) is 0. The van der Waals surface area contributed by atoms with Gasteiger partial charge in [-0.1, -0.05) is 0 Å². The summed E-state index contributed by atoms with van der Waals surface area (Å²) >= 11 is -4.16. The number of nitrogens with two attached hydrogens (primary N) is 4. The third-order valence-corrected chi connectivity index (χ3v) is 4.63. The number of hydrogen-bond acceptors (Lipinski definition) is 4. The predicted octanol–water partition coefficient (Wildman–Crippen LogP) is -1.50. The SMILES string of the molecule is [NH2][Mo]([NH2])([NH2])([NH2])[c]1ccccc1. The topological polar surface area (TPSA) is 104 Å². The van der Waals surface area contributed by atoms with Crippen LogP contribution in [0.25, 0.3) is 0 Å². The fourth-order valence-electron chi connectivity index (χ4n) is 0.735. The van der Waals surface area contributed by atoms with E-state index in [2.05, 4.69) is 0 Å². The average Bonchev–Trinajstić information content (AvgIpc) is 1.86. The van der Waals surface area contributed by atoms with Crippen molar-refractivity contribution in [2.24, 2.45) is 17.2 Å². The van der Waals surface area contributed by atoms with E-state index in [9.17, 15) is 0 Å². The molecule has 0 saturated heterocycles. The van der Waals surface area contributed by atoms with Crippen LogP contribution in [0.2, 0.25) is 0 Å². The Morgan fingerprint density at radius 2 is 1.27 bits per heavy atom. The van der Waals surface area contributed by atoms with Crippen molar-refractivity contribution < 1.29 is 15.8 Å². The van der Waals surface area contributed by atoms with E-state index in [0.29, 0.717) is 3.95 Å². The number of benzene rings is 1. The molecule has 0 fully saturated rings. The van der Waals surface area contributed by atoms with Crippen molar-refractivity contribution in [1.82, 2.24) is 0 Å². The normalized spacial score (nSPS) is 15.5. The van der Waals surface area contributed by atoms with Gasteiger partial charge in [0.1, 0.15) is 0 Å². The minimum absolute atomic E-state index is 0.687. The van der Waals surface area contributed by atoms with Gasteiger partial charge in [0.05, 0.1) is 0 Å². The van der Waals surface area contributed by atoms with E-state index in [4.69, 9.17) is 17.2 Å². The van der Waals surface area contributed by atoms with Crippen molar-refractivity contribution in [2.45, 2.75) is 0 Å². The van der Waals surface area contributed by atoms with Crippen molar-refractivity contribution in [2.75, 3.05) is 0 Å². The fraction of sp³-hybridized carbons (Fsp3) is 0. The molecule has 0 spiro atoms. The Morgan fingerprint density at radius 3 is 1.55 bits per heavy atom. The molecule has 5 heteroatoms. The molecular formula is C6H13MoN4. The van der Waals surface area contributed by atoms with Gasteiger partial charge in [-0.05, 0) is 0 Å². The first kappa shape index (κ1) is 8.84. The summed E-state index contributed by atoms with van der Waals surface area (Å²) in [5.74, 6) is 0. The molecule has 1 aromatic rings. The maximum atomic E-state index is 5.63. The Kier molecular flexibility index (Phi) is 1.90. The van der Waals surface area contributed by atoms with Crippen molar-refractivity contribution in [1.29, 1.82) is 0 Å². The Bertz CT molecular complexity index is 241. The van der Waals surface area contributed by atoms with E-state index < -0.39 is 15.8 Å². The van der Waals surface area contributed by atoms with Crippen LogP contribution in [0.5, 0.6) is 0 Å². The summed E-state index contributed by atoms with van der Waals surface area (Å²) in [6.45, 7) is 0. The Hall–Kier alpha value is -0.252. The molecular weight excluding hydrogens is 224 g/mol. The molecule has 0 saturated carbocycles. The van der Waals surface area contributed by atoms with Crippen molar-refractivity contribution >= 4 is 3.95 Å². The first-order chi connectivity index (χ1) is 4.86. The molecule has 63 valence electrons. The van der Waals surface area contributed by atoms with Gasteiger partial charge >= 0.3 is 67.3 Å². The van der Waals surface area contributed by atoms with Crippen LogP contribution in [0.15, 0.2) is 30.3 Å². The Balaban J connectivity index is 3.14. The van der Waals surface area contributed by atoms with Crippen LogP contribution in [0, 0.1) is 0 Å². The van der Waals surface area contributed by atoms with Gasteiger partial charge in [0.2, 0.25) is 0 Å². The summed E-state index contributed by atoms with van der Waals surface area (Å²) in [7, 11) is 0. The van der Waals surface area contributed by atoms with Crippen LogP contribution in [-0.2, 0) is 15.8 Å². The molecule has 0 radical (unpaired) electrons. The molecule has 0 aromatic heterocycles. The van der Waals surface area contributed by atoms with Crippen molar-refractivity contribution in [3.8, 4) is 0 Å². The molecule has 8 N–H and O–H groups in total. The molecule has 0 heterocycles. The fourth-order valence-corrected chi connectivity index (χ4v) is 2.67. The van der Waals surface area contributed by atoms with Gasteiger partial charge in [0, 0.05) is 0 Å². The van der Waals surface area contributed by atoms with Crippen LogP contribution in [0.3, 0.4) is 0 Å². The first-order valence-corrected chi connectivity index (χ1v) is 8.70. The van der Waals surface area contributed by atoms with Crippen LogP contribution in [0.4, 0.5) is 0 Å². The van der Waals surface area contributed by atoms with Gasteiger partial charge in [0.25, 0.3) is 0 Å². The van der Waals surface area contributed by atoms with Gasteiger partial charge in [-0.3, -0.25) is 0 Å². The Labute approximate surface area is 67.6 Å². The third kappa shape index (κ3) is 2.36. The third-order valence-electron chi connectivity index (χ3n) is 1.29. The van der Waals surface area contributed by atoms with Gasteiger partial charge in [-0.15, -0.1) is 0 Å². The summed E-state index contributed by atoms with van der Waals surface area (Å²) in [6, 6.07) is 9.02. The van der Waals surface area contributed by atoms with Gasteiger partial charge in [-0.2, -0.15) is 0 Å². The van der Waals surface area contributed by atoms with Gasteiger partial charge < -0.3 is 0 Å². The van der Waals surface area contributed by atoms with Crippen LogP contribution < -0.4 is 21.1 Å².